The second-order valence-electron chi connectivity index (χ2n) is 23.4. The van der Waals surface area contributed by atoms with E-state index in [4.69, 9.17) is 18.9 Å². The van der Waals surface area contributed by atoms with E-state index >= 15 is 0 Å². The lowest BCUT2D eigenvalue weighted by molar-refractivity contribution is 0.0483. The highest BCUT2D eigenvalue weighted by molar-refractivity contribution is 6.38. The molecule has 444 valence electrons. The van der Waals surface area contributed by atoms with Gasteiger partial charge in [0.25, 0.3) is 0 Å². The lowest BCUT2D eigenvalue weighted by atomic mass is 9.84. The van der Waals surface area contributed by atoms with Gasteiger partial charge >= 0.3 is 23.9 Å². The van der Waals surface area contributed by atoms with E-state index in [9.17, 15) is 19.2 Å². The molecule has 5 aromatic carbocycles. The van der Waals surface area contributed by atoms with Crippen molar-refractivity contribution in [2.75, 3.05) is 26.4 Å². The Morgan fingerprint density at radius 1 is 0.225 bits per heavy atom. The summed E-state index contributed by atoms with van der Waals surface area (Å²) >= 11 is 0. The summed E-state index contributed by atoms with van der Waals surface area (Å²) in [5.74, 6) is -1.87. The molecule has 0 aliphatic heterocycles. The summed E-state index contributed by atoms with van der Waals surface area (Å²) in [7, 11) is 0. The smallest absolute Gasteiger partial charge is 0.338 e. The van der Waals surface area contributed by atoms with E-state index in [1.807, 2.05) is 24.3 Å². The standard InChI is InChI=1S/C72H108O8/c1-5-9-13-17-21-25-29-33-37-41-53-77-69(73)61-49-45-57-59-47-51-63(71(75)79-55-43-39-35-31-27-23-19-15-11-7-3)68-64(72(76)80-56-44-40-36-32-28-24-20-16-12-8-4)52-48-60(66(59)68)58-46-50-62(67(61)65(57)58)70(74)78-54-42-38-34-30-26-22-18-14-10-6-2/h45-52H,5-44,53-56H2,1-4H3. The summed E-state index contributed by atoms with van der Waals surface area (Å²) in [6, 6.07) is 14.8. The zero-order valence-corrected chi connectivity index (χ0v) is 51.0. The third-order valence-electron chi connectivity index (χ3n) is 16.7. The Kier molecular flexibility index (Phi) is 33.4. The molecule has 5 aromatic rings. The summed E-state index contributed by atoms with van der Waals surface area (Å²) in [5.41, 5.74) is 1.29. The Balaban J connectivity index is 1.41. The number of unbranched alkanes of at least 4 members (excludes halogenated alkanes) is 36. The first kappa shape index (κ1) is 66.1. The Labute approximate surface area is 484 Å². The summed E-state index contributed by atoms with van der Waals surface area (Å²) in [5, 5.41) is 5.67. The second-order valence-corrected chi connectivity index (χ2v) is 23.4. The Bertz CT molecular complexity index is 2190. The predicted molar refractivity (Wildman–Crippen MR) is 336 cm³/mol. The Morgan fingerprint density at radius 2 is 0.388 bits per heavy atom. The van der Waals surface area contributed by atoms with E-state index in [1.165, 1.54) is 180 Å². The van der Waals surface area contributed by atoms with Crippen LogP contribution in [0.2, 0.25) is 0 Å². The van der Waals surface area contributed by atoms with Crippen molar-refractivity contribution in [3.63, 3.8) is 0 Å². The molecule has 0 aliphatic rings. The summed E-state index contributed by atoms with van der Waals surface area (Å²) < 4.78 is 24.1. The SMILES string of the molecule is CCCCCCCCCCCCOC(=O)c1ccc2c3ccc(C(=O)OCCCCCCCCCCCC)c4c(C(=O)OCCCCCCCCCCCC)ccc(c5ccc(C(=O)OCCCCCCCCCCCC)c1c25)c43. The number of carbonyl (C=O) groups excluding carboxylic acids is 4. The van der Waals surface area contributed by atoms with Crippen LogP contribution in [0, 0.1) is 0 Å². The van der Waals surface area contributed by atoms with Crippen molar-refractivity contribution in [2.45, 2.75) is 285 Å². The molecule has 0 amide bonds. The summed E-state index contributed by atoms with van der Waals surface area (Å²) in [4.78, 5) is 57.3. The fourth-order valence-electron chi connectivity index (χ4n) is 11.9. The van der Waals surface area contributed by atoms with Crippen LogP contribution >= 0.6 is 0 Å². The molecule has 8 nitrogen and oxygen atoms in total. The summed E-state index contributed by atoms with van der Waals surface area (Å²) in [6.45, 7) is 10.2. The van der Waals surface area contributed by atoms with Crippen LogP contribution in [0.3, 0.4) is 0 Å². The molecule has 0 spiro atoms. The zero-order valence-electron chi connectivity index (χ0n) is 51.0. The zero-order chi connectivity index (χ0) is 56.8. The molecule has 0 heterocycles. The van der Waals surface area contributed by atoms with Gasteiger partial charge < -0.3 is 18.9 Å². The maximum atomic E-state index is 14.3. The minimum absolute atomic E-state index is 0.301. The normalized spacial score (nSPS) is 11.7. The molecule has 5 rings (SSSR count). The topological polar surface area (TPSA) is 105 Å². The number of fused-ring (bicyclic) bond motifs is 2. The van der Waals surface area contributed by atoms with E-state index in [2.05, 4.69) is 27.7 Å². The minimum Gasteiger partial charge on any atom is -0.462 e. The van der Waals surface area contributed by atoms with Crippen LogP contribution in [0.4, 0.5) is 0 Å². The maximum absolute atomic E-state index is 14.3. The first-order chi connectivity index (χ1) is 39.4. The van der Waals surface area contributed by atoms with Gasteiger partial charge in [0.05, 0.1) is 48.7 Å². The van der Waals surface area contributed by atoms with Crippen molar-refractivity contribution in [1.29, 1.82) is 0 Å². The number of rotatable bonds is 48. The van der Waals surface area contributed by atoms with E-state index in [0.717, 1.165) is 109 Å². The van der Waals surface area contributed by atoms with Crippen molar-refractivity contribution < 1.29 is 38.1 Å². The van der Waals surface area contributed by atoms with Crippen molar-refractivity contribution >= 4 is 67.0 Å². The average Bonchev–Trinajstić information content (AvgIpc) is 3.47. The number of hydrogen-bond acceptors (Lipinski definition) is 8. The minimum atomic E-state index is -0.467. The number of carbonyl (C=O) groups is 4. The molecule has 0 fully saturated rings. The maximum Gasteiger partial charge on any atom is 0.338 e. The van der Waals surface area contributed by atoms with E-state index in [1.54, 1.807) is 24.3 Å². The van der Waals surface area contributed by atoms with Crippen LogP contribution < -0.4 is 0 Å². The van der Waals surface area contributed by atoms with Crippen molar-refractivity contribution in [3.8, 4) is 0 Å². The van der Waals surface area contributed by atoms with E-state index in [-0.39, 0.29) is 0 Å². The van der Waals surface area contributed by atoms with Gasteiger partial charge in [0.15, 0.2) is 0 Å². The number of ether oxygens (including phenoxy) is 4. The Hall–Kier alpha value is -4.72. The van der Waals surface area contributed by atoms with Crippen LogP contribution in [0.15, 0.2) is 48.5 Å². The van der Waals surface area contributed by atoms with Crippen LogP contribution in [-0.4, -0.2) is 50.3 Å². The van der Waals surface area contributed by atoms with Crippen molar-refractivity contribution in [2.24, 2.45) is 0 Å². The Morgan fingerprint density at radius 3 is 0.562 bits per heavy atom. The lowest BCUT2D eigenvalue weighted by Crippen LogP contribution is -2.13. The van der Waals surface area contributed by atoms with Crippen LogP contribution in [0.1, 0.15) is 326 Å². The molecule has 0 unspecified atom stereocenters. The van der Waals surface area contributed by atoms with Gasteiger partial charge in [-0.15, -0.1) is 0 Å². The third-order valence-corrected chi connectivity index (χ3v) is 16.7. The lowest BCUT2D eigenvalue weighted by Gasteiger charge is -2.20. The summed E-state index contributed by atoms with van der Waals surface area (Å²) in [6.07, 6.45) is 47.2. The molecule has 0 N–H and O–H groups in total. The van der Waals surface area contributed by atoms with Gasteiger partial charge in [-0.05, 0) is 82.3 Å². The first-order valence-corrected chi connectivity index (χ1v) is 33.3. The van der Waals surface area contributed by atoms with Gasteiger partial charge in [0.1, 0.15) is 0 Å². The van der Waals surface area contributed by atoms with Gasteiger partial charge in [0.2, 0.25) is 0 Å². The molecule has 80 heavy (non-hydrogen) atoms. The molecular formula is C72H108O8. The molecule has 8 heteroatoms. The number of esters is 4. The molecular weight excluding hydrogens is 993 g/mol. The first-order valence-electron chi connectivity index (χ1n) is 33.3. The van der Waals surface area contributed by atoms with Gasteiger partial charge in [-0.1, -0.05) is 283 Å². The van der Waals surface area contributed by atoms with Crippen LogP contribution in [0.25, 0.3) is 43.1 Å². The van der Waals surface area contributed by atoms with Gasteiger partial charge in [-0.25, -0.2) is 19.2 Å². The highest BCUT2D eigenvalue weighted by Gasteiger charge is 2.28. The van der Waals surface area contributed by atoms with Crippen LogP contribution in [0.5, 0.6) is 0 Å². The highest BCUT2D eigenvalue weighted by Crippen LogP contribution is 2.44. The van der Waals surface area contributed by atoms with Gasteiger partial charge in [-0.3, -0.25) is 0 Å². The molecule has 0 atom stereocenters. The molecule has 0 saturated heterocycles. The van der Waals surface area contributed by atoms with Crippen molar-refractivity contribution in [1.82, 2.24) is 0 Å². The van der Waals surface area contributed by atoms with Crippen molar-refractivity contribution in [3.05, 3.63) is 70.8 Å². The van der Waals surface area contributed by atoms with Gasteiger partial charge in [-0.2, -0.15) is 0 Å². The quantitative estimate of drug-likeness (QED) is 0.0125. The monoisotopic (exact) mass is 1100 g/mol. The molecule has 0 saturated carbocycles. The third kappa shape index (κ3) is 22.2. The van der Waals surface area contributed by atoms with Gasteiger partial charge in [0, 0.05) is 10.8 Å². The fraction of sp³-hybridized carbons (Fsp3) is 0.667. The fourth-order valence-corrected chi connectivity index (χ4v) is 11.9. The highest BCUT2D eigenvalue weighted by atomic mass is 16.5. The number of benzene rings is 5. The second kappa shape index (κ2) is 40.5. The molecule has 0 radical (unpaired) electrons. The molecule has 0 aliphatic carbocycles. The predicted octanol–water partition coefficient (Wildman–Crippen LogP) is 22.0. The molecule has 0 aromatic heterocycles. The molecule has 0 bridgehead atoms. The van der Waals surface area contributed by atoms with E-state index < -0.39 is 23.9 Å². The van der Waals surface area contributed by atoms with Crippen LogP contribution in [-0.2, 0) is 18.9 Å². The largest absolute Gasteiger partial charge is 0.462 e. The average molecular weight is 1100 g/mol. The van der Waals surface area contributed by atoms with E-state index in [0.29, 0.717) is 59.5 Å². The number of hydrogen-bond donors (Lipinski definition) is 0.